The molecule has 2 aliphatic rings. The van der Waals surface area contributed by atoms with Gasteiger partial charge in [0, 0.05) is 6.61 Å². The van der Waals surface area contributed by atoms with Crippen molar-refractivity contribution in [2.24, 2.45) is 11.8 Å². The molecule has 0 aromatic heterocycles. The van der Waals surface area contributed by atoms with Gasteiger partial charge in [-0.2, -0.15) is 0 Å². The maximum absolute atomic E-state index is 12.3. The lowest BCUT2D eigenvalue weighted by molar-refractivity contribution is -0.122. The van der Waals surface area contributed by atoms with Gasteiger partial charge in [-0.05, 0) is 61.8 Å². The number of carbonyl (C=O) groups is 1. The highest BCUT2D eigenvalue weighted by atomic mass is 16.6. The van der Waals surface area contributed by atoms with Gasteiger partial charge < -0.3 is 19.3 Å². The number of aliphatic hydroxyl groups is 1. The van der Waals surface area contributed by atoms with Crippen molar-refractivity contribution in [3.8, 4) is 5.75 Å². The number of benzene rings is 1. The molecule has 1 aliphatic carbocycles. The monoisotopic (exact) mass is 456 g/mol. The van der Waals surface area contributed by atoms with Gasteiger partial charge in [0.1, 0.15) is 11.9 Å². The van der Waals surface area contributed by atoms with Gasteiger partial charge in [-0.15, -0.1) is 0 Å². The Morgan fingerprint density at radius 3 is 2.70 bits per heavy atom. The number of ether oxygens (including phenoxy) is 3. The van der Waals surface area contributed by atoms with Gasteiger partial charge >= 0.3 is 0 Å². The van der Waals surface area contributed by atoms with Crippen molar-refractivity contribution in [2.45, 2.75) is 83.2 Å². The number of methoxy groups -OCH3 is 1. The Morgan fingerprint density at radius 1 is 1.12 bits per heavy atom. The fourth-order valence-electron chi connectivity index (χ4n) is 4.55. The van der Waals surface area contributed by atoms with Crippen molar-refractivity contribution in [1.82, 2.24) is 0 Å². The molecule has 182 valence electrons. The molecule has 1 saturated heterocycles. The summed E-state index contributed by atoms with van der Waals surface area (Å²) in [7, 11) is 1.67. The second-order valence-electron chi connectivity index (χ2n) is 9.18. The summed E-state index contributed by atoms with van der Waals surface area (Å²) in [5.41, 5.74) is 1.15. The SMILES string of the molecule is CCCCC[C@H]1O[C@@H]1C(O)C1C(=O)C=C[C@@H]1C/C=C\CCCCOCc1ccc(OC)cc1. The highest BCUT2D eigenvalue weighted by Gasteiger charge is 2.50. The van der Waals surface area contributed by atoms with Gasteiger partial charge in [-0.25, -0.2) is 0 Å². The molecule has 1 heterocycles. The van der Waals surface area contributed by atoms with E-state index in [0.29, 0.717) is 6.61 Å². The molecule has 5 heteroatoms. The Kier molecular flexibility index (Phi) is 10.6. The molecule has 2 unspecified atom stereocenters. The molecule has 0 amide bonds. The van der Waals surface area contributed by atoms with Crippen molar-refractivity contribution in [1.29, 1.82) is 0 Å². The van der Waals surface area contributed by atoms with Gasteiger partial charge in [0.05, 0.1) is 31.8 Å². The summed E-state index contributed by atoms with van der Waals surface area (Å²) < 4.78 is 16.6. The first-order chi connectivity index (χ1) is 16.1. The first-order valence-electron chi connectivity index (χ1n) is 12.5. The zero-order valence-corrected chi connectivity index (χ0v) is 20.2. The molecular formula is C28H40O5. The van der Waals surface area contributed by atoms with E-state index in [4.69, 9.17) is 14.2 Å². The summed E-state index contributed by atoms with van der Waals surface area (Å²) in [4.78, 5) is 12.3. The Balaban J connectivity index is 1.27. The molecular weight excluding hydrogens is 416 g/mol. The van der Waals surface area contributed by atoms with Crippen LogP contribution in [0.5, 0.6) is 5.75 Å². The third-order valence-electron chi connectivity index (χ3n) is 6.63. The van der Waals surface area contributed by atoms with E-state index in [1.165, 1.54) is 12.8 Å². The molecule has 0 bridgehead atoms. The minimum atomic E-state index is -0.694. The van der Waals surface area contributed by atoms with E-state index in [9.17, 15) is 9.90 Å². The first kappa shape index (κ1) is 25.7. The summed E-state index contributed by atoms with van der Waals surface area (Å²) in [6.07, 6.45) is 15.5. The van der Waals surface area contributed by atoms with Crippen molar-refractivity contribution in [2.75, 3.05) is 13.7 Å². The molecule has 5 atom stereocenters. The standard InChI is InChI=1S/C28H40O5/c1-3-4-8-12-25-28(33-25)27(30)26-22(15-18-24(26)29)11-9-6-5-7-10-19-32-20-21-13-16-23(31-2)17-14-21/h6,9,13-18,22,25-28,30H,3-5,7-8,10-12,19-20H2,1-2H3/b9-6-/t22-,25+,26?,27?,28-/m0/s1. The topological polar surface area (TPSA) is 68.3 Å². The highest BCUT2D eigenvalue weighted by molar-refractivity contribution is 5.95. The van der Waals surface area contributed by atoms with E-state index >= 15 is 0 Å². The van der Waals surface area contributed by atoms with Gasteiger partial charge in [0.15, 0.2) is 5.78 Å². The van der Waals surface area contributed by atoms with E-state index in [1.54, 1.807) is 13.2 Å². The maximum atomic E-state index is 12.3. The Bertz CT molecular complexity index is 769. The number of hydrogen-bond acceptors (Lipinski definition) is 5. The predicted octanol–water partition coefficient (Wildman–Crippen LogP) is 5.41. The van der Waals surface area contributed by atoms with Gasteiger partial charge in [-0.3, -0.25) is 4.79 Å². The van der Waals surface area contributed by atoms with Crippen molar-refractivity contribution in [3.63, 3.8) is 0 Å². The van der Waals surface area contributed by atoms with E-state index in [1.807, 2.05) is 30.3 Å². The summed E-state index contributed by atoms with van der Waals surface area (Å²) in [5, 5.41) is 10.8. The number of carbonyl (C=O) groups excluding carboxylic acids is 1. The third kappa shape index (κ3) is 8.09. The van der Waals surface area contributed by atoms with Crippen LogP contribution in [0.2, 0.25) is 0 Å². The van der Waals surface area contributed by atoms with E-state index in [2.05, 4.69) is 19.1 Å². The van der Waals surface area contributed by atoms with Crippen LogP contribution < -0.4 is 4.74 Å². The molecule has 1 N–H and O–H groups in total. The maximum Gasteiger partial charge on any atom is 0.161 e. The number of ketones is 1. The third-order valence-corrected chi connectivity index (χ3v) is 6.63. The Hall–Kier alpha value is -1.95. The summed E-state index contributed by atoms with van der Waals surface area (Å²) in [5.74, 6) is 0.605. The number of epoxide rings is 1. The van der Waals surface area contributed by atoms with Crippen molar-refractivity contribution in [3.05, 3.63) is 54.1 Å². The average molecular weight is 457 g/mol. The van der Waals surface area contributed by atoms with Crippen molar-refractivity contribution < 1.29 is 24.1 Å². The van der Waals surface area contributed by atoms with Gasteiger partial charge in [-0.1, -0.05) is 56.5 Å². The molecule has 1 aromatic carbocycles. The normalized spacial score (nSPS) is 25.1. The molecule has 1 aliphatic heterocycles. The number of unbranched alkanes of at least 4 members (excludes halogenated alkanes) is 4. The van der Waals surface area contributed by atoms with Crippen LogP contribution in [0, 0.1) is 11.8 Å². The van der Waals surface area contributed by atoms with Crippen LogP contribution in [0.3, 0.4) is 0 Å². The molecule has 0 saturated carbocycles. The van der Waals surface area contributed by atoms with Crippen LogP contribution >= 0.6 is 0 Å². The molecule has 1 fully saturated rings. The number of aliphatic hydroxyl groups excluding tert-OH is 1. The largest absolute Gasteiger partial charge is 0.497 e. The fourth-order valence-corrected chi connectivity index (χ4v) is 4.55. The van der Waals surface area contributed by atoms with Crippen LogP contribution in [0.4, 0.5) is 0 Å². The zero-order chi connectivity index (χ0) is 23.5. The number of allylic oxidation sites excluding steroid dienone is 4. The number of rotatable bonds is 16. The number of hydrogen-bond donors (Lipinski definition) is 1. The summed E-state index contributed by atoms with van der Waals surface area (Å²) >= 11 is 0. The van der Waals surface area contributed by atoms with Crippen LogP contribution in [-0.2, 0) is 20.9 Å². The second-order valence-corrected chi connectivity index (χ2v) is 9.18. The van der Waals surface area contributed by atoms with Crippen LogP contribution in [-0.4, -0.2) is 42.9 Å². The highest BCUT2D eigenvalue weighted by Crippen LogP contribution is 2.38. The van der Waals surface area contributed by atoms with Crippen molar-refractivity contribution >= 4 is 5.78 Å². The molecule has 33 heavy (non-hydrogen) atoms. The first-order valence-corrected chi connectivity index (χ1v) is 12.5. The lowest BCUT2D eigenvalue weighted by Crippen LogP contribution is -2.34. The Morgan fingerprint density at radius 2 is 1.94 bits per heavy atom. The van der Waals surface area contributed by atoms with E-state index in [0.717, 1.165) is 56.4 Å². The smallest absolute Gasteiger partial charge is 0.161 e. The summed E-state index contributed by atoms with van der Waals surface area (Å²) in [6.45, 7) is 3.55. The second kappa shape index (κ2) is 13.7. The minimum absolute atomic E-state index is 0.0396. The van der Waals surface area contributed by atoms with Crippen LogP contribution in [0.15, 0.2) is 48.6 Å². The molecule has 5 nitrogen and oxygen atoms in total. The van der Waals surface area contributed by atoms with E-state index in [-0.39, 0.29) is 29.8 Å². The molecule has 1 aromatic rings. The molecule has 0 spiro atoms. The van der Waals surface area contributed by atoms with Crippen LogP contribution in [0.1, 0.15) is 63.9 Å². The lowest BCUT2D eigenvalue weighted by atomic mass is 9.84. The minimum Gasteiger partial charge on any atom is -0.497 e. The lowest BCUT2D eigenvalue weighted by Gasteiger charge is -2.21. The Labute approximate surface area is 198 Å². The fraction of sp³-hybridized carbons (Fsp3) is 0.607. The average Bonchev–Trinajstić information content (AvgIpc) is 3.51. The van der Waals surface area contributed by atoms with Gasteiger partial charge in [0.2, 0.25) is 0 Å². The van der Waals surface area contributed by atoms with E-state index < -0.39 is 6.10 Å². The summed E-state index contributed by atoms with van der Waals surface area (Å²) in [6, 6.07) is 7.94. The molecule has 0 radical (unpaired) electrons. The van der Waals surface area contributed by atoms with Gasteiger partial charge in [0.25, 0.3) is 0 Å². The van der Waals surface area contributed by atoms with Crippen LogP contribution in [0.25, 0.3) is 0 Å². The quantitative estimate of drug-likeness (QED) is 0.205. The molecule has 3 rings (SSSR count). The zero-order valence-electron chi connectivity index (χ0n) is 20.2. The predicted molar refractivity (Wildman–Crippen MR) is 130 cm³/mol.